The summed E-state index contributed by atoms with van der Waals surface area (Å²) >= 11 is 12.2. The Labute approximate surface area is 238 Å². The number of likely N-dealkylation sites (N-methyl/N-ethyl adjacent to an activating group) is 1. The molecule has 0 aliphatic heterocycles. The second kappa shape index (κ2) is 13.1. The van der Waals surface area contributed by atoms with Gasteiger partial charge in [-0.3, -0.25) is 13.9 Å². The van der Waals surface area contributed by atoms with E-state index >= 15 is 0 Å². The van der Waals surface area contributed by atoms with Gasteiger partial charge in [-0.2, -0.15) is 0 Å². The van der Waals surface area contributed by atoms with Crippen LogP contribution in [-0.2, 0) is 26.2 Å². The molecule has 3 aromatic rings. The van der Waals surface area contributed by atoms with Gasteiger partial charge >= 0.3 is 0 Å². The molecule has 0 saturated heterocycles. The number of methoxy groups -OCH3 is 2. The van der Waals surface area contributed by atoms with E-state index in [1.54, 1.807) is 49.4 Å². The van der Waals surface area contributed by atoms with Gasteiger partial charge in [-0.15, -0.1) is 0 Å². The molecule has 0 radical (unpaired) electrons. The SMILES string of the molecule is CNC(=O)[C@@H](C)N(Cc1ccc(Cl)c(Cl)c1)C(=O)CN(c1ccc(OC)c(OC)c1)S(=O)(=O)c1ccccc1. The van der Waals surface area contributed by atoms with Crippen LogP contribution in [0.3, 0.4) is 0 Å². The van der Waals surface area contributed by atoms with Crippen LogP contribution in [0.15, 0.2) is 71.6 Å². The zero-order chi connectivity index (χ0) is 28.7. The molecular formula is C27H29Cl2N3O6S. The highest BCUT2D eigenvalue weighted by atomic mass is 35.5. The smallest absolute Gasteiger partial charge is 0.264 e. The monoisotopic (exact) mass is 593 g/mol. The average molecular weight is 595 g/mol. The molecule has 1 N–H and O–H groups in total. The van der Waals surface area contributed by atoms with Crippen molar-refractivity contribution in [1.82, 2.24) is 10.2 Å². The lowest BCUT2D eigenvalue weighted by molar-refractivity contribution is -0.139. The third-order valence-corrected chi connectivity index (χ3v) is 8.54. The summed E-state index contributed by atoms with van der Waals surface area (Å²) in [5.74, 6) is -0.375. The van der Waals surface area contributed by atoms with E-state index < -0.39 is 34.4 Å². The Kier molecular flexibility index (Phi) is 10.1. The molecule has 0 fully saturated rings. The number of anilines is 1. The van der Waals surface area contributed by atoms with Crippen LogP contribution in [0, 0.1) is 0 Å². The maximum Gasteiger partial charge on any atom is 0.264 e. The molecule has 0 aliphatic rings. The van der Waals surface area contributed by atoms with E-state index in [0.29, 0.717) is 16.3 Å². The van der Waals surface area contributed by atoms with Crippen molar-refractivity contribution in [2.45, 2.75) is 24.4 Å². The molecule has 39 heavy (non-hydrogen) atoms. The molecule has 0 saturated carbocycles. The molecule has 1 atom stereocenters. The number of sulfonamides is 1. The number of hydrogen-bond donors (Lipinski definition) is 1. The molecule has 12 heteroatoms. The van der Waals surface area contributed by atoms with E-state index in [2.05, 4.69) is 5.32 Å². The normalized spacial score (nSPS) is 11.8. The van der Waals surface area contributed by atoms with Gasteiger partial charge in [0.1, 0.15) is 12.6 Å². The summed E-state index contributed by atoms with van der Waals surface area (Å²) in [4.78, 5) is 27.7. The summed E-state index contributed by atoms with van der Waals surface area (Å²) in [6, 6.07) is 16.2. The van der Waals surface area contributed by atoms with Crippen molar-refractivity contribution in [1.29, 1.82) is 0 Å². The van der Waals surface area contributed by atoms with Crippen LogP contribution in [0.5, 0.6) is 11.5 Å². The van der Waals surface area contributed by atoms with E-state index in [-0.39, 0.29) is 27.9 Å². The zero-order valence-electron chi connectivity index (χ0n) is 21.9. The first kappa shape index (κ1) is 30.1. The summed E-state index contributed by atoms with van der Waals surface area (Å²) in [5, 5.41) is 3.16. The summed E-state index contributed by atoms with van der Waals surface area (Å²) < 4.78 is 39.3. The van der Waals surface area contributed by atoms with Crippen molar-refractivity contribution in [2.75, 3.05) is 32.1 Å². The van der Waals surface area contributed by atoms with Gasteiger partial charge in [0.2, 0.25) is 11.8 Å². The Bertz CT molecular complexity index is 1440. The molecule has 3 aromatic carbocycles. The number of hydrogen-bond acceptors (Lipinski definition) is 6. The number of nitrogens with zero attached hydrogens (tertiary/aromatic N) is 2. The molecule has 2 amide bonds. The Morgan fingerprint density at radius 2 is 1.59 bits per heavy atom. The maximum absolute atomic E-state index is 13.8. The number of nitrogens with one attached hydrogen (secondary N) is 1. The van der Waals surface area contributed by atoms with Gasteiger partial charge in [0.25, 0.3) is 10.0 Å². The fourth-order valence-corrected chi connectivity index (χ4v) is 5.60. The van der Waals surface area contributed by atoms with E-state index in [0.717, 1.165) is 4.31 Å². The molecule has 9 nitrogen and oxygen atoms in total. The third kappa shape index (κ3) is 6.95. The highest BCUT2D eigenvalue weighted by Crippen LogP contribution is 2.34. The molecular weight excluding hydrogens is 565 g/mol. The lowest BCUT2D eigenvalue weighted by atomic mass is 10.1. The Morgan fingerprint density at radius 3 is 2.18 bits per heavy atom. The van der Waals surface area contributed by atoms with Gasteiger partial charge in [-0.1, -0.05) is 47.5 Å². The summed E-state index contributed by atoms with van der Waals surface area (Å²) in [6.45, 7) is 0.936. The van der Waals surface area contributed by atoms with Crippen LogP contribution in [-0.4, -0.2) is 59.0 Å². The quantitative estimate of drug-likeness (QED) is 0.354. The van der Waals surface area contributed by atoms with Crippen molar-refractivity contribution in [3.63, 3.8) is 0 Å². The zero-order valence-corrected chi connectivity index (χ0v) is 24.2. The number of benzene rings is 3. The minimum absolute atomic E-state index is 0.0111. The lowest BCUT2D eigenvalue weighted by Crippen LogP contribution is -2.50. The number of rotatable bonds is 11. The Balaban J connectivity index is 2.08. The van der Waals surface area contributed by atoms with E-state index in [1.165, 1.54) is 50.4 Å². The molecule has 0 bridgehead atoms. The lowest BCUT2D eigenvalue weighted by Gasteiger charge is -2.32. The van der Waals surface area contributed by atoms with Gasteiger partial charge in [0.05, 0.1) is 34.8 Å². The van der Waals surface area contributed by atoms with E-state index in [1.807, 2.05) is 0 Å². The maximum atomic E-state index is 13.8. The standard InChI is InChI=1S/C27H29Cl2N3O6S/c1-18(27(34)30-2)31(16-19-10-12-22(28)23(29)14-19)26(33)17-32(39(35,36)21-8-6-5-7-9-21)20-11-13-24(37-3)25(15-20)38-4/h5-15,18H,16-17H2,1-4H3,(H,30,34)/t18-/m1/s1. The highest BCUT2D eigenvalue weighted by molar-refractivity contribution is 7.92. The molecule has 0 heterocycles. The first-order valence-corrected chi connectivity index (χ1v) is 14.0. The number of ether oxygens (including phenoxy) is 2. The Morgan fingerprint density at radius 1 is 0.923 bits per heavy atom. The summed E-state index contributed by atoms with van der Waals surface area (Å²) in [7, 11) is 0.124. The first-order chi connectivity index (χ1) is 18.5. The fourth-order valence-electron chi connectivity index (χ4n) is 3.85. The van der Waals surface area contributed by atoms with E-state index in [4.69, 9.17) is 32.7 Å². The minimum atomic E-state index is -4.21. The van der Waals surface area contributed by atoms with Crippen LogP contribution >= 0.6 is 23.2 Å². The van der Waals surface area contributed by atoms with Crippen molar-refractivity contribution < 1.29 is 27.5 Å². The van der Waals surface area contributed by atoms with Crippen molar-refractivity contribution >= 4 is 50.7 Å². The molecule has 0 aliphatic carbocycles. The summed E-state index contributed by atoms with van der Waals surface area (Å²) in [6.07, 6.45) is 0. The second-order valence-electron chi connectivity index (χ2n) is 8.42. The van der Waals surface area contributed by atoms with Crippen LogP contribution in [0.25, 0.3) is 0 Å². The Hall–Kier alpha value is -3.47. The summed E-state index contributed by atoms with van der Waals surface area (Å²) in [5.41, 5.74) is 0.782. The van der Waals surface area contributed by atoms with Gasteiger partial charge in [-0.05, 0) is 48.9 Å². The van der Waals surface area contributed by atoms with Crippen molar-refractivity contribution in [3.8, 4) is 11.5 Å². The largest absolute Gasteiger partial charge is 0.493 e. The molecule has 0 unspecified atom stereocenters. The van der Waals surface area contributed by atoms with Crippen LogP contribution in [0.1, 0.15) is 12.5 Å². The van der Waals surface area contributed by atoms with Gasteiger partial charge < -0.3 is 19.7 Å². The third-order valence-electron chi connectivity index (χ3n) is 6.02. The van der Waals surface area contributed by atoms with Crippen molar-refractivity contribution in [2.24, 2.45) is 0 Å². The highest BCUT2D eigenvalue weighted by Gasteiger charge is 2.32. The number of amides is 2. The number of carbonyl (C=O) groups excluding carboxylic acids is 2. The minimum Gasteiger partial charge on any atom is -0.493 e. The van der Waals surface area contributed by atoms with Crippen LogP contribution in [0.2, 0.25) is 10.0 Å². The molecule has 0 spiro atoms. The topological polar surface area (TPSA) is 105 Å². The fraction of sp³-hybridized carbons (Fsp3) is 0.259. The first-order valence-electron chi connectivity index (χ1n) is 11.8. The van der Waals surface area contributed by atoms with E-state index in [9.17, 15) is 18.0 Å². The number of halogens is 2. The van der Waals surface area contributed by atoms with Gasteiger partial charge in [0.15, 0.2) is 11.5 Å². The van der Waals surface area contributed by atoms with Gasteiger partial charge in [0, 0.05) is 19.7 Å². The van der Waals surface area contributed by atoms with Crippen molar-refractivity contribution in [3.05, 3.63) is 82.3 Å². The van der Waals surface area contributed by atoms with Crippen LogP contribution in [0.4, 0.5) is 5.69 Å². The molecule has 3 rings (SSSR count). The molecule has 0 aromatic heterocycles. The second-order valence-corrected chi connectivity index (χ2v) is 11.1. The average Bonchev–Trinajstić information content (AvgIpc) is 2.95. The predicted octanol–water partition coefficient (Wildman–Crippen LogP) is 4.37. The van der Waals surface area contributed by atoms with Gasteiger partial charge in [-0.25, -0.2) is 8.42 Å². The molecule has 208 valence electrons. The van der Waals surface area contributed by atoms with Crippen LogP contribution < -0.4 is 19.1 Å². The predicted molar refractivity (Wildman–Crippen MR) is 151 cm³/mol. The number of carbonyl (C=O) groups is 2.